The maximum atomic E-state index is 13.7. The zero-order valence-corrected chi connectivity index (χ0v) is 21.2. The molecule has 3 aromatic carbocycles. The van der Waals surface area contributed by atoms with Gasteiger partial charge in [-0.3, -0.25) is 14.5 Å². The van der Waals surface area contributed by atoms with Crippen LogP contribution in [-0.2, 0) is 16.0 Å². The highest BCUT2D eigenvalue weighted by molar-refractivity contribution is 8.05. The molecule has 0 bridgehead atoms. The molecule has 3 aromatic rings. The van der Waals surface area contributed by atoms with E-state index in [1.165, 1.54) is 16.7 Å². The summed E-state index contributed by atoms with van der Waals surface area (Å²) in [4.78, 5) is 28.4. The molecule has 1 fully saturated rings. The van der Waals surface area contributed by atoms with E-state index < -0.39 is 11.2 Å². The van der Waals surface area contributed by atoms with Gasteiger partial charge in [0.1, 0.15) is 16.7 Å². The van der Waals surface area contributed by atoms with Crippen molar-refractivity contribution in [2.45, 2.75) is 32.4 Å². The van der Waals surface area contributed by atoms with E-state index in [-0.39, 0.29) is 11.5 Å². The first kappa shape index (κ1) is 24.6. The Morgan fingerprint density at radius 1 is 1.03 bits per heavy atom. The second-order valence-electron chi connectivity index (χ2n) is 8.42. The predicted octanol–water partition coefficient (Wildman–Crippen LogP) is 6.33. The molecule has 1 N–H and O–H groups in total. The number of thioether (sulfide) groups is 1. The van der Waals surface area contributed by atoms with Gasteiger partial charge < -0.3 is 5.32 Å². The van der Waals surface area contributed by atoms with Crippen LogP contribution in [0.2, 0.25) is 5.02 Å². The number of nitrogens with zero attached hydrogens (tertiary/aromatic N) is 2. The Labute approximate surface area is 214 Å². The van der Waals surface area contributed by atoms with Crippen LogP contribution in [0.5, 0.6) is 0 Å². The predicted molar refractivity (Wildman–Crippen MR) is 142 cm³/mol. The van der Waals surface area contributed by atoms with Gasteiger partial charge in [-0.2, -0.15) is 5.26 Å². The normalized spacial score (nSPS) is 16.7. The van der Waals surface area contributed by atoms with Crippen LogP contribution in [0.1, 0.15) is 22.3 Å². The molecular formula is C28H24ClN3O2S. The van der Waals surface area contributed by atoms with E-state index in [0.717, 1.165) is 22.3 Å². The Bertz CT molecular complexity index is 1390. The van der Waals surface area contributed by atoms with Crippen LogP contribution >= 0.6 is 23.4 Å². The topological polar surface area (TPSA) is 73.2 Å². The third-order valence-corrected chi connectivity index (χ3v) is 7.58. The first-order valence-corrected chi connectivity index (χ1v) is 12.4. The number of anilines is 2. The van der Waals surface area contributed by atoms with Gasteiger partial charge in [0.15, 0.2) is 0 Å². The van der Waals surface area contributed by atoms with Crippen LogP contribution in [0.4, 0.5) is 11.4 Å². The molecule has 35 heavy (non-hydrogen) atoms. The number of hydrogen-bond donors (Lipinski definition) is 1. The number of rotatable bonds is 5. The van der Waals surface area contributed by atoms with Gasteiger partial charge in [0.25, 0.3) is 5.91 Å². The van der Waals surface area contributed by atoms with Crippen LogP contribution < -0.4 is 10.2 Å². The molecule has 1 unspecified atom stereocenters. The zero-order chi connectivity index (χ0) is 25.1. The number of amides is 2. The van der Waals surface area contributed by atoms with Gasteiger partial charge in [-0.15, -0.1) is 0 Å². The summed E-state index contributed by atoms with van der Waals surface area (Å²) in [7, 11) is 0. The fraction of sp³-hybridized carbons (Fsp3) is 0.179. The molecule has 176 valence electrons. The van der Waals surface area contributed by atoms with Gasteiger partial charge in [-0.25, -0.2) is 0 Å². The van der Waals surface area contributed by atoms with Crippen LogP contribution in [0.25, 0.3) is 0 Å². The maximum Gasteiger partial charge on any atom is 0.269 e. The summed E-state index contributed by atoms with van der Waals surface area (Å²) < 4.78 is 0. The highest BCUT2D eigenvalue weighted by Crippen LogP contribution is 2.43. The first-order valence-electron chi connectivity index (χ1n) is 11.1. The highest BCUT2D eigenvalue weighted by atomic mass is 35.5. The fourth-order valence-corrected chi connectivity index (χ4v) is 5.40. The average molecular weight is 502 g/mol. The van der Waals surface area contributed by atoms with Crippen molar-refractivity contribution >= 4 is 46.6 Å². The van der Waals surface area contributed by atoms with Gasteiger partial charge in [-0.05, 0) is 67.6 Å². The lowest BCUT2D eigenvalue weighted by Crippen LogP contribution is -2.31. The number of halogens is 1. The summed E-state index contributed by atoms with van der Waals surface area (Å²) in [6.07, 6.45) is 0.424. The van der Waals surface area contributed by atoms with E-state index in [9.17, 15) is 14.9 Å². The Kier molecular flexibility index (Phi) is 7.30. The number of nitriles is 1. The summed E-state index contributed by atoms with van der Waals surface area (Å²) in [5, 5.41) is 13.3. The molecular weight excluding hydrogens is 478 g/mol. The maximum absolute atomic E-state index is 13.7. The van der Waals surface area contributed by atoms with E-state index in [4.69, 9.17) is 11.6 Å². The number of hydrogen-bond acceptors (Lipinski definition) is 4. The van der Waals surface area contributed by atoms with E-state index in [1.807, 2.05) is 81.4 Å². The van der Waals surface area contributed by atoms with E-state index in [1.54, 1.807) is 6.07 Å². The minimum absolute atomic E-state index is 0.0979. The van der Waals surface area contributed by atoms with Crippen molar-refractivity contribution in [3.63, 3.8) is 0 Å². The summed E-state index contributed by atoms with van der Waals surface area (Å²) in [6.45, 7) is 5.71. The van der Waals surface area contributed by atoms with Gasteiger partial charge >= 0.3 is 0 Å². The minimum Gasteiger partial charge on any atom is -0.321 e. The van der Waals surface area contributed by atoms with Crippen molar-refractivity contribution in [1.29, 1.82) is 5.26 Å². The van der Waals surface area contributed by atoms with Crippen LogP contribution in [0, 0.1) is 32.1 Å². The lowest BCUT2D eigenvalue weighted by molar-refractivity contribution is -0.117. The molecule has 4 rings (SSSR count). The van der Waals surface area contributed by atoms with Crippen molar-refractivity contribution in [1.82, 2.24) is 0 Å². The monoisotopic (exact) mass is 501 g/mol. The second-order valence-corrected chi connectivity index (χ2v) is 10.0. The first-order chi connectivity index (χ1) is 16.8. The molecule has 1 saturated heterocycles. The number of para-hydroxylation sites is 2. The number of carbonyl (C=O) groups excluding carboxylic acids is 2. The largest absolute Gasteiger partial charge is 0.321 e. The Morgan fingerprint density at radius 3 is 2.37 bits per heavy atom. The van der Waals surface area contributed by atoms with E-state index in [0.29, 0.717) is 27.8 Å². The fourth-order valence-electron chi connectivity index (χ4n) is 3.90. The third-order valence-electron chi connectivity index (χ3n) is 5.91. The molecule has 1 atom stereocenters. The molecule has 0 spiro atoms. The van der Waals surface area contributed by atoms with E-state index in [2.05, 4.69) is 11.4 Å². The molecule has 0 aliphatic carbocycles. The van der Waals surface area contributed by atoms with Crippen LogP contribution in [0.15, 0.2) is 77.3 Å². The molecule has 5 nitrogen and oxygen atoms in total. The number of benzene rings is 3. The summed E-state index contributed by atoms with van der Waals surface area (Å²) in [5.41, 5.74) is 4.80. The summed E-state index contributed by atoms with van der Waals surface area (Å²) in [5.74, 6) is -0.720. The standard InChI is InChI=1S/C28H24ClN3O2S/c1-17-12-13-20(14-22(17)29)15-25-27(34)32(24-11-7-5-9-19(24)3)28(35-25)21(16-30)26(33)31-23-10-6-4-8-18(23)2/h4-14,25H,15H2,1-3H3,(H,31,33)/b28-21-. The smallest absolute Gasteiger partial charge is 0.269 e. The van der Waals surface area contributed by atoms with E-state index >= 15 is 0 Å². The molecule has 1 heterocycles. The minimum atomic E-state index is -0.547. The van der Waals surface area contributed by atoms with Gasteiger partial charge in [-0.1, -0.05) is 71.9 Å². The Hall–Kier alpha value is -3.53. The Balaban J connectivity index is 1.76. The third kappa shape index (κ3) is 5.12. The van der Waals surface area contributed by atoms with Crippen molar-refractivity contribution in [3.8, 4) is 6.07 Å². The molecule has 0 saturated carbocycles. The van der Waals surface area contributed by atoms with Crippen molar-refractivity contribution in [2.24, 2.45) is 0 Å². The summed E-state index contributed by atoms with van der Waals surface area (Å²) in [6, 6.07) is 22.6. The summed E-state index contributed by atoms with van der Waals surface area (Å²) >= 11 is 7.55. The average Bonchev–Trinajstić information content (AvgIpc) is 3.14. The lowest BCUT2D eigenvalue weighted by Gasteiger charge is -2.20. The molecule has 1 aliphatic rings. The molecule has 1 aliphatic heterocycles. The van der Waals surface area contributed by atoms with Gasteiger partial charge in [0.05, 0.1) is 10.9 Å². The van der Waals surface area contributed by atoms with Crippen LogP contribution in [-0.4, -0.2) is 17.1 Å². The number of nitrogens with one attached hydrogen (secondary N) is 1. The van der Waals surface area contributed by atoms with Crippen LogP contribution in [0.3, 0.4) is 0 Å². The second kappa shape index (κ2) is 10.4. The number of aryl methyl sites for hydroxylation is 3. The Morgan fingerprint density at radius 2 is 1.71 bits per heavy atom. The van der Waals surface area contributed by atoms with Gasteiger partial charge in [0, 0.05) is 10.7 Å². The quantitative estimate of drug-likeness (QED) is 0.327. The van der Waals surface area contributed by atoms with Gasteiger partial charge in [0.2, 0.25) is 5.91 Å². The SMILES string of the molecule is Cc1ccc(CC2S/C(=C(/C#N)C(=O)Nc3ccccc3C)N(c3ccccc3C)C2=O)cc1Cl. The van der Waals surface area contributed by atoms with Crippen molar-refractivity contribution < 1.29 is 9.59 Å². The van der Waals surface area contributed by atoms with Crippen molar-refractivity contribution in [3.05, 3.63) is 105 Å². The molecule has 0 aromatic heterocycles. The molecule has 7 heteroatoms. The zero-order valence-electron chi connectivity index (χ0n) is 19.6. The van der Waals surface area contributed by atoms with Crippen molar-refractivity contribution in [2.75, 3.05) is 10.2 Å². The lowest BCUT2D eigenvalue weighted by atomic mass is 10.1. The number of carbonyl (C=O) groups is 2. The highest BCUT2D eigenvalue weighted by Gasteiger charge is 2.41. The molecule has 0 radical (unpaired) electrons. The molecule has 2 amide bonds.